The van der Waals surface area contributed by atoms with Crippen molar-refractivity contribution in [3.63, 3.8) is 0 Å². The van der Waals surface area contributed by atoms with E-state index in [1.54, 1.807) is 12.1 Å². The third-order valence-corrected chi connectivity index (χ3v) is 3.73. The minimum Gasteiger partial charge on any atom is -0.480 e. The molecule has 5 nitrogen and oxygen atoms in total. The number of carbonyl (C=O) groups is 2. The maximum Gasteiger partial charge on any atom is 0.327 e. The van der Waals surface area contributed by atoms with Gasteiger partial charge in [-0.15, -0.1) is 0 Å². The van der Waals surface area contributed by atoms with Crippen molar-refractivity contribution in [1.82, 2.24) is 10.3 Å². The number of amides is 1. The van der Waals surface area contributed by atoms with Gasteiger partial charge in [0, 0.05) is 18.4 Å². The molecule has 0 aliphatic heterocycles. The molecule has 0 aromatic carbocycles. The van der Waals surface area contributed by atoms with Gasteiger partial charge in [0.1, 0.15) is 16.3 Å². The minimum absolute atomic E-state index is 0.244. The number of aliphatic carboxylic acids is 1. The number of pyridine rings is 1. The zero-order chi connectivity index (χ0) is 14.4. The highest BCUT2D eigenvalue weighted by Crippen LogP contribution is 2.21. The standard InChI is InChI=1S/C11H12Cl2N2O3S/c1-6(16)14-8(11(17)18)5-19-4-7-2-3-9(12)15-10(7)13/h2-3,8H,4-5H2,1H3,(H,14,16)(H,17,18)/t8-/m0/s1. The predicted molar refractivity (Wildman–Crippen MR) is 75.7 cm³/mol. The summed E-state index contributed by atoms with van der Waals surface area (Å²) < 4.78 is 0. The van der Waals surface area contributed by atoms with E-state index >= 15 is 0 Å². The summed E-state index contributed by atoms with van der Waals surface area (Å²) >= 11 is 12.9. The fraction of sp³-hybridized carbons (Fsp3) is 0.364. The highest BCUT2D eigenvalue weighted by atomic mass is 35.5. The molecule has 0 fully saturated rings. The summed E-state index contributed by atoms with van der Waals surface area (Å²) in [6.45, 7) is 1.28. The summed E-state index contributed by atoms with van der Waals surface area (Å²) in [4.78, 5) is 25.6. The lowest BCUT2D eigenvalue weighted by Crippen LogP contribution is -2.41. The van der Waals surface area contributed by atoms with Crippen molar-refractivity contribution in [3.05, 3.63) is 28.0 Å². The highest BCUT2D eigenvalue weighted by molar-refractivity contribution is 7.98. The first-order valence-electron chi connectivity index (χ1n) is 5.28. The van der Waals surface area contributed by atoms with Crippen LogP contribution < -0.4 is 5.32 Å². The van der Waals surface area contributed by atoms with Crippen molar-refractivity contribution < 1.29 is 14.7 Å². The van der Waals surface area contributed by atoms with E-state index in [9.17, 15) is 9.59 Å². The Kier molecular flexibility index (Phi) is 6.41. The number of thioether (sulfide) groups is 1. The predicted octanol–water partition coefficient (Wildman–Crippen LogP) is 2.21. The summed E-state index contributed by atoms with van der Waals surface area (Å²) in [5.74, 6) is -0.706. The number of rotatable bonds is 6. The van der Waals surface area contributed by atoms with E-state index in [0.717, 1.165) is 5.56 Å². The lowest BCUT2D eigenvalue weighted by molar-refractivity contribution is -0.140. The first-order chi connectivity index (χ1) is 8.90. The van der Waals surface area contributed by atoms with Crippen LogP contribution in [0.25, 0.3) is 0 Å². The molecule has 1 amide bonds. The summed E-state index contributed by atoms with van der Waals surface area (Å²) in [6, 6.07) is 2.44. The van der Waals surface area contributed by atoms with Gasteiger partial charge >= 0.3 is 5.97 Å². The van der Waals surface area contributed by atoms with E-state index in [1.807, 2.05) is 0 Å². The third-order valence-electron chi connectivity index (χ3n) is 2.11. The first-order valence-corrected chi connectivity index (χ1v) is 7.19. The number of carboxylic acid groups (broad SMARTS) is 1. The molecule has 104 valence electrons. The van der Waals surface area contributed by atoms with Gasteiger partial charge in [-0.1, -0.05) is 29.3 Å². The minimum atomic E-state index is -1.07. The van der Waals surface area contributed by atoms with Crippen molar-refractivity contribution in [3.8, 4) is 0 Å². The Morgan fingerprint density at radius 3 is 2.68 bits per heavy atom. The Hall–Kier alpha value is -0.980. The number of nitrogens with zero attached hydrogens (tertiary/aromatic N) is 1. The van der Waals surface area contributed by atoms with Crippen LogP contribution in [0.4, 0.5) is 0 Å². The number of carbonyl (C=O) groups excluding carboxylic acids is 1. The Morgan fingerprint density at radius 1 is 1.47 bits per heavy atom. The summed E-state index contributed by atoms with van der Waals surface area (Å²) in [5.41, 5.74) is 0.767. The smallest absolute Gasteiger partial charge is 0.327 e. The average Bonchev–Trinajstić information content (AvgIpc) is 2.29. The number of nitrogens with one attached hydrogen (secondary N) is 1. The molecule has 0 aliphatic rings. The number of hydrogen-bond acceptors (Lipinski definition) is 4. The molecule has 1 heterocycles. The van der Waals surface area contributed by atoms with Gasteiger partial charge in [-0.25, -0.2) is 9.78 Å². The van der Waals surface area contributed by atoms with Crippen LogP contribution in [-0.4, -0.2) is 33.8 Å². The molecule has 0 spiro atoms. The highest BCUT2D eigenvalue weighted by Gasteiger charge is 2.18. The first kappa shape index (κ1) is 16.1. The molecule has 1 rings (SSSR count). The molecule has 0 radical (unpaired) electrons. The second-order valence-corrected chi connectivity index (χ2v) is 5.47. The van der Waals surface area contributed by atoms with Crippen molar-refractivity contribution >= 4 is 46.8 Å². The molecule has 2 N–H and O–H groups in total. The van der Waals surface area contributed by atoms with Crippen LogP contribution in [0.5, 0.6) is 0 Å². The van der Waals surface area contributed by atoms with Crippen molar-refractivity contribution in [2.45, 2.75) is 18.7 Å². The molecule has 0 bridgehead atoms. The monoisotopic (exact) mass is 322 g/mol. The van der Waals surface area contributed by atoms with Gasteiger partial charge in [0.25, 0.3) is 0 Å². The molecule has 1 aromatic rings. The SMILES string of the molecule is CC(=O)N[C@@H](CSCc1ccc(Cl)nc1Cl)C(=O)O. The molecule has 8 heteroatoms. The molecular formula is C11H12Cl2N2O3S. The average molecular weight is 323 g/mol. The van der Waals surface area contributed by atoms with E-state index in [4.69, 9.17) is 28.3 Å². The van der Waals surface area contributed by atoms with Gasteiger partial charge in [-0.2, -0.15) is 11.8 Å². The van der Waals surface area contributed by atoms with E-state index in [2.05, 4.69) is 10.3 Å². The number of carboxylic acids is 1. The van der Waals surface area contributed by atoms with Gasteiger partial charge in [-0.05, 0) is 11.6 Å². The van der Waals surface area contributed by atoms with E-state index in [0.29, 0.717) is 16.1 Å². The van der Waals surface area contributed by atoms with Gasteiger partial charge in [0.05, 0.1) is 0 Å². The Morgan fingerprint density at radius 2 is 2.16 bits per heavy atom. The fourth-order valence-electron chi connectivity index (χ4n) is 1.26. The van der Waals surface area contributed by atoms with Crippen LogP contribution in [0.15, 0.2) is 12.1 Å². The van der Waals surface area contributed by atoms with Crippen molar-refractivity contribution in [1.29, 1.82) is 0 Å². The van der Waals surface area contributed by atoms with Gasteiger partial charge in [0.2, 0.25) is 5.91 Å². The molecule has 19 heavy (non-hydrogen) atoms. The quantitative estimate of drug-likeness (QED) is 0.785. The molecule has 0 unspecified atom stereocenters. The molecule has 0 aliphatic carbocycles. The summed E-state index contributed by atoms with van der Waals surface area (Å²) in [5, 5.41) is 11.9. The molecule has 0 saturated carbocycles. The summed E-state index contributed by atoms with van der Waals surface area (Å²) in [6.07, 6.45) is 0. The maximum atomic E-state index is 10.9. The zero-order valence-electron chi connectivity index (χ0n) is 10.0. The topological polar surface area (TPSA) is 79.3 Å². The normalized spacial score (nSPS) is 11.9. The zero-order valence-corrected chi connectivity index (χ0v) is 12.3. The van der Waals surface area contributed by atoms with Crippen LogP contribution in [0.1, 0.15) is 12.5 Å². The Balaban J connectivity index is 2.52. The van der Waals surface area contributed by atoms with Crippen molar-refractivity contribution in [2.75, 3.05) is 5.75 Å². The number of hydrogen-bond donors (Lipinski definition) is 2. The van der Waals surface area contributed by atoms with Gasteiger partial charge in [-0.3, -0.25) is 4.79 Å². The lowest BCUT2D eigenvalue weighted by atomic mass is 10.3. The fourth-order valence-corrected chi connectivity index (χ4v) is 2.78. The van der Waals surface area contributed by atoms with E-state index in [-0.39, 0.29) is 11.7 Å². The Labute approximate surface area is 124 Å². The second kappa shape index (κ2) is 7.57. The second-order valence-electron chi connectivity index (χ2n) is 3.69. The van der Waals surface area contributed by atoms with E-state index < -0.39 is 12.0 Å². The largest absolute Gasteiger partial charge is 0.480 e. The third kappa shape index (κ3) is 5.67. The number of halogens is 2. The van der Waals surface area contributed by atoms with Gasteiger partial charge in [0.15, 0.2) is 0 Å². The van der Waals surface area contributed by atoms with Crippen LogP contribution in [0.3, 0.4) is 0 Å². The van der Waals surface area contributed by atoms with Crippen LogP contribution in [-0.2, 0) is 15.3 Å². The molecule has 1 aromatic heterocycles. The molecular weight excluding hydrogens is 311 g/mol. The van der Waals surface area contributed by atoms with Crippen LogP contribution >= 0.6 is 35.0 Å². The number of aromatic nitrogens is 1. The van der Waals surface area contributed by atoms with Gasteiger partial charge < -0.3 is 10.4 Å². The summed E-state index contributed by atoms with van der Waals surface area (Å²) in [7, 11) is 0. The lowest BCUT2D eigenvalue weighted by Gasteiger charge is -2.12. The molecule has 0 saturated heterocycles. The van der Waals surface area contributed by atoms with Crippen LogP contribution in [0, 0.1) is 0 Å². The maximum absolute atomic E-state index is 10.9. The van der Waals surface area contributed by atoms with E-state index in [1.165, 1.54) is 18.7 Å². The molecule has 1 atom stereocenters. The van der Waals surface area contributed by atoms with Crippen molar-refractivity contribution in [2.24, 2.45) is 0 Å². The Bertz CT molecular complexity index is 485. The van der Waals surface area contributed by atoms with Crippen LogP contribution in [0.2, 0.25) is 10.3 Å².